The minimum atomic E-state index is -0.105. The molecule has 8 nitrogen and oxygen atoms in total. The predicted octanol–water partition coefficient (Wildman–Crippen LogP) is 3.02. The van der Waals surface area contributed by atoms with E-state index in [1.165, 1.54) is 5.56 Å². The Kier molecular flexibility index (Phi) is 5.76. The Morgan fingerprint density at radius 2 is 2.06 bits per heavy atom. The minimum Gasteiger partial charge on any atom is -0.469 e. The van der Waals surface area contributed by atoms with E-state index in [1.54, 1.807) is 17.2 Å². The Bertz CT molecular complexity index is 1160. The van der Waals surface area contributed by atoms with Gasteiger partial charge in [-0.1, -0.05) is 30.3 Å². The normalized spacial score (nSPS) is 16.0. The van der Waals surface area contributed by atoms with Crippen molar-refractivity contribution in [2.24, 2.45) is 7.05 Å². The van der Waals surface area contributed by atoms with Gasteiger partial charge in [-0.15, -0.1) is 0 Å². The van der Waals surface area contributed by atoms with Crippen LogP contribution in [0.15, 0.2) is 73.6 Å². The highest BCUT2D eigenvalue weighted by molar-refractivity contribution is 5.69. The van der Waals surface area contributed by atoms with Crippen molar-refractivity contribution in [3.8, 4) is 17.0 Å². The third kappa shape index (κ3) is 4.45. The van der Waals surface area contributed by atoms with Gasteiger partial charge >= 0.3 is 0 Å². The van der Waals surface area contributed by atoms with Crippen LogP contribution in [0.3, 0.4) is 0 Å². The van der Waals surface area contributed by atoms with E-state index in [2.05, 4.69) is 61.0 Å². The molecule has 0 radical (unpaired) electrons. The molecule has 5 rings (SSSR count). The standard InChI is InChI=1S/C24H25N7O/c1-31-15-19(13-30-31)18-11-21-24(28-12-18)32-22(14-27-21)23(17-5-3-2-4-6-17)26-10-8-20-7-9-25-16-29-20/h2-7,9,11-13,15-16,22-23,26-27H,8,10,14H2,1H3/t22-,23+/m0/s1. The third-order valence-corrected chi connectivity index (χ3v) is 5.57. The Labute approximate surface area is 186 Å². The highest BCUT2D eigenvalue weighted by Crippen LogP contribution is 2.34. The molecule has 0 saturated carbocycles. The van der Waals surface area contributed by atoms with E-state index >= 15 is 0 Å². The van der Waals surface area contributed by atoms with Crippen LogP contribution in [0.1, 0.15) is 17.3 Å². The molecule has 4 aromatic rings. The summed E-state index contributed by atoms with van der Waals surface area (Å²) in [4.78, 5) is 12.9. The van der Waals surface area contributed by atoms with Crippen LogP contribution in [-0.2, 0) is 13.5 Å². The van der Waals surface area contributed by atoms with Gasteiger partial charge in [-0.05, 0) is 17.7 Å². The first-order chi connectivity index (χ1) is 15.8. The molecule has 1 aliphatic rings. The SMILES string of the molecule is Cn1cc(-c2cnc3c(c2)NC[C@@H]([C@H](NCCc2ccncn2)c2ccccc2)O3)cn1. The molecule has 0 bridgehead atoms. The van der Waals surface area contributed by atoms with Crippen LogP contribution >= 0.6 is 0 Å². The van der Waals surface area contributed by atoms with Gasteiger partial charge in [0, 0.05) is 55.4 Å². The Morgan fingerprint density at radius 1 is 1.16 bits per heavy atom. The number of hydrogen-bond acceptors (Lipinski definition) is 7. The highest BCUT2D eigenvalue weighted by atomic mass is 16.5. The summed E-state index contributed by atoms with van der Waals surface area (Å²) in [5.41, 5.74) is 5.12. The van der Waals surface area contributed by atoms with E-state index in [-0.39, 0.29) is 12.1 Å². The number of pyridine rings is 1. The van der Waals surface area contributed by atoms with Crippen molar-refractivity contribution < 1.29 is 4.74 Å². The number of hydrogen-bond donors (Lipinski definition) is 2. The van der Waals surface area contributed by atoms with E-state index in [4.69, 9.17) is 4.74 Å². The van der Waals surface area contributed by atoms with Gasteiger partial charge in [0.15, 0.2) is 0 Å². The average molecular weight is 428 g/mol. The van der Waals surface area contributed by atoms with Crippen molar-refractivity contribution in [3.63, 3.8) is 0 Å². The number of aromatic nitrogens is 5. The van der Waals surface area contributed by atoms with Crippen LogP contribution in [0, 0.1) is 0 Å². The van der Waals surface area contributed by atoms with Crippen molar-refractivity contribution >= 4 is 5.69 Å². The number of fused-ring (bicyclic) bond motifs is 1. The molecule has 162 valence electrons. The van der Waals surface area contributed by atoms with Crippen molar-refractivity contribution in [2.45, 2.75) is 18.6 Å². The lowest BCUT2D eigenvalue weighted by molar-refractivity contribution is 0.150. The molecule has 0 aliphatic carbocycles. The van der Waals surface area contributed by atoms with Gasteiger partial charge < -0.3 is 15.4 Å². The third-order valence-electron chi connectivity index (χ3n) is 5.57. The van der Waals surface area contributed by atoms with Gasteiger partial charge in [0.2, 0.25) is 5.88 Å². The molecule has 0 amide bonds. The topological polar surface area (TPSA) is 89.8 Å². The number of aryl methyl sites for hydroxylation is 1. The molecule has 8 heteroatoms. The highest BCUT2D eigenvalue weighted by Gasteiger charge is 2.29. The summed E-state index contributed by atoms with van der Waals surface area (Å²) in [6.45, 7) is 1.45. The zero-order valence-electron chi connectivity index (χ0n) is 17.8. The number of rotatable bonds is 7. The largest absolute Gasteiger partial charge is 0.469 e. The molecule has 32 heavy (non-hydrogen) atoms. The van der Waals surface area contributed by atoms with Crippen LogP contribution in [0.2, 0.25) is 0 Å². The predicted molar refractivity (Wildman–Crippen MR) is 122 cm³/mol. The van der Waals surface area contributed by atoms with Gasteiger partial charge in [-0.3, -0.25) is 4.68 Å². The lowest BCUT2D eigenvalue weighted by atomic mass is 9.99. The van der Waals surface area contributed by atoms with Crippen molar-refractivity contribution in [1.82, 2.24) is 30.0 Å². The van der Waals surface area contributed by atoms with Gasteiger partial charge in [0.1, 0.15) is 12.4 Å². The first kappa shape index (κ1) is 20.1. The van der Waals surface area contributed by atoms with Crippen molar-refractivity contribution in [1.29, 1.82) is 0 Å². The first-order valence-corrected chi connectivity index (χ1v) is 10.7. The fourth-order valence-electron chi connectivity index (χ4n) is 3.93. The second-order valence-corrected chi connectivity index (χ2v) is 7.81. The molecular formula is C24H25N7O. The first-order valence-electron chi connectivity index (χ1n) is 10.7. The molecular weight excluding hydrogens is 402 g/mol. The van der Waals surface area contributed by atoms with E-state index in [0.29, 0.717) is 12.4 Å². The summed E-state index contributed by atoms with van der Waals surface area (Å²) >= 11 is 0. The molecule has 0 fully saturated rings. The van der Waals surface area contributed by atoms with E-state index < -0.39 is 0 Å². The van der Waals surface area contributed by atoms with Crippen LogP contribution < -0.4 is 15.4 Å². The van der Waals surface area contributed by atoms with E-state index in [0.717, 1.165) is 35.5 Å². The number of benzene rings is 1. The molecule has 3 aromatic heterocycles. The quantitative estimate of drug-likeness (QED) is 0.469. The summed E-state index contributed by atoms with van der Waals surface area (Å²) in [6, 6.07) is 14.4. The molecule has 0 unspecified atom stereocenters. The molecule has 2 N–H and O–H groups in total. The lowest BCUT2D eigenvalue weighted by Crippen LogP contribution is -2.43. The number of anilines is 1. The minimum absolute atomic E-state index is 0.0125. The smallest absolute Gasteiger partial charge is 0.237 e. The maximum absolute atomic E-state index is 6.36. The van der Waals surface area contributed by atoms with E-state index in [9.17, 15) is 0 Å². The second-order valence-electron chi connectivity index (χ2n) is 7.81. The van der Waals surface area contributed by atoms with E-state index in [1.807, 2.05) is 37.8 Å². The molecule has 1 aliphatic heterocycles. The lowest BCUT2D eigenvalue weighted by Gasteiger charge is -2.33. The molecule has 2 atom stereocenters. The maximum atomic E-state index is 6.36. The number of nitrogens with zero attached hydrogens (tertiary/aromatic N) is 5. The summed E-state index contributed by atoms with van der Waals surface area (Å²) in [5.74, 6) is 0.618. The van der Waals surface area contributed by atoms with Gasteiger partial charge in [0.05, 0.1) is 24.5 Å². The zero-order valence-corrected chi connectivity index (χ0v) is 17.8. The number of ether oxygens (including phenoxy) is 1. The van der Waals surface area contributed by atoms with Crippen LogP contribution in [-0.4, -0.2) is 43.9 Å². The summed E-state index contributed by atoms with van der Waals surface area (Å²) in [7, 11) is 1.91. The summed E-state index contributed by atoms with van der Waals surface area (Å²) in [6.07, 6.45) is 9.71. The van der Waals surface area contributed by atoms with Gasteiger partial charge in [-0.25, -0.2) is 15.0 Å². The number of nitrogens with one attached hydrogen (secondary N) is 2. The van der Waals surface area contributed by atoms with Crippen molar-refractivity contribution in [3.05, 3.63) is 84.8 Å². The second kappa shape index (κ2) is 9.15. The molecule has 1 aromatic carbocycles. The molecule has 0 saturated heterocycles. The summed E-state index contributed by atoms with van der Waals surface area (Å²) in [5, 5.41) is 11.4. The maximum Gasteiger partial charge on any atom is 0.237 e. The Balaban J connectivity index is 1.32. The Morgan fingerprint density at radius 3 is 2.84 bits per heavy atom. The fourth-order valence-corrected chi connectivity index (χ4v) is 3.93. The van der Waals surface area contributed by atoms with Crippen LogP contribution in [0.5, 0.6) is 5.88 Å². The fraction of sp³-hybridized carbons (Fsp3) is 0.250. The van der Waals surface area contributed by atoms with Crippen LogP contribution in [0.4, 0.5) is 5.69 Å². The molecule has 4 heterocycles. The van der Waals surface area contributed by atoms with Crippen molar-refractivity contribution in [2.75, 3.05) is 18.4 Å². The zero-order chi connectivity index (χ0) is 21.8. The van der Waals surface area contributed by atoms with Gasteiger partial charge in [-0.2, -0.15) is 5.10 Å². The summed E-state index contributed by atoms with van der Waals surface area (Å²) < 4.78 is 8.15. The monoisotopic (exact) mass is 427 g/mol. The molecule has 0 spiro atoms. The Hall–Kier alpha value is -3.78. The van der Waals surface area contributed by atoms with Gasteiger partial charge in [0.25, 0.3) is 0 Å². The average Bonchev–Trinajstić information content (AvgIpc) is 3.29. The van der Waals surface area contributed by atoms with Crippen LogP contribution in [0.25, 0.3) is 11.1 Å².